The molecule has 1 aliphatic heterocycles. The minimum absolute atomic E-state index is 0.297. The van der Waals surface area contributed by atoms with Crippen molar-refractivity contribution in [2.24, 2.45) is 0 Å². The molecule has 19 heavy (non-hydrogen) atoms. The van der Waals surface area contributed by atoms with Gasteiger partial charge in [0.05, 0.1) is 11.2 Å². The van der Waals surface area contributed by atoms with Crippen molar-refractivity contribution in [1.82, 2.24) is 0 Å². The van der Waals surface area contributed by atoms with Gasteiger partial charge >= 0.3 is 7.12 Å². The fourth-order valence-corrected chi connectivity index (χ4v) is 1.74. The second-order valence-corrected chi connectivity index (χ2v) is 5.62. The van der Waals surface area contributed by atoms with E-state index in [0.29, 0.717) is 0 Å². The zero-order valence-corrected chi connectivity index (χ0v) is 11.9. The summed E-state index contributed by atoms with van der Waals surface area (Å²) in [6, 6.07) is 9.89. The van der Waals surface area contributed by atoms with Gasteiger partial charge in [0.1, 0.15) is 0 Å². The Morgan fingerprint density at radius 1 is 1.00 bits per heavy atom. The summed E-state index contributed by atoms with van der Waals surface area (Å²) < 4.78 is 11.7. The molecule has 0 unspecified atom stereocenters. The van der Waals surface area contributed by atoms with Crippen LogP contribution in [0, 0.1) is 11.8 Å². The maximum absolute atomic E-state index is 5.84. The van der Waals surface area contributed by atoms with E-state index in [9.17, 15) is 0 Å². The van der Waals surface area contributed by atoms with Crippen molar-refractivity contribution in [3.8, 4) is 11.8 Å². The lowest BCUT2D eigenvalue weighted by molar-refractivity contribution is 0.00578. The van der Waals surface area contributed by atoms with E-state index in [1.165, 1.54) is 0 Å². The Morgan fingerprint density at radius 2 is 1.58 bits per heavy atom. The molecule has 1 aromatic rings. The van der Waals surface area contributed by atoms with E-state index in [0.717, 1.165) is 5.56 Å². The molecule has 1 heterocycles. The van der Waals surface area contributed by atoms with Crippen LogP contribution < -0.4 is 0 Å². The van der Waals surface area contributed by atoms with Gasteiger partial charge < -0.3 is 9.31 Å². The van der Waals surface area contributed by atoms with Crippen LogP contribution in [-0.2, 0) is 9.31 Å². The minimum atomic E-state index is -0.324. The molecule has 0 spiro atoms. The van der Waals surface area contributed by atoms with Crippen molar-refractivity contribution < 1.29 is 9.31 Å². The fraction of sp³-hybridized carbons (Fsp3) is 0.375. The summed E-state index contributed by atoms with van der Waals surface area (Å²) in [6.45, 7) is 8.15. The number of hydrogen-bond acceptors (Lipinski definition) is 2. The second-order valence-electron chi connectivity index (χ2n) is 5.62. The van der Waals surface area contributed by atoms with Crippen LogP contribution in [0.4, 0.5) is 0 Å². The van der Waals surface area contributed by atoms with E-state index in [2.05, 4.69) is 11.8 Å². The van der Waals surface area contributed by atoms with Crippen molar-refractivity contribution in [2.45, 2.75) is 38.9 Å². The third-order valence-electron chi connectivity index (χ3n) is 3.60. The topological polar surface area (TPSA) is 18.5 Å². The first-order valence-corrected chi connectivity index (χ1v) is 6.50. The fourth-order valence-electron chi connectivity index (χ4n) is 1.74. The van der Waals surface area contributed by atoms with Crippen LogP contribution in [-0.4, -0.2) is 18.3 Å². The van der Waals surface area contributed by atoms with Crippen LogP contribution in [0.3, 0.4) is 0 Å². The number of allylic oxidation sites excluding steroid dienone is 1. The molecule has 0 radical (unpaired) electrons. The summed E-state index contributed by atoms with van der Waals surface area (Å²) >= 11 is 0. The van der Waals surface area contributed by atoms with Gasteiger partial charge in [0, 0.05) is 5.56 Å². The van der Waals surface area contributed by atoms with Crippen LogP contribution in [0.25, 0.3) is 0 Å². The first-order chi connectivity index (χ1) is 8.91. The summed E-state index contributed by atoms with van der Waals surface area (Å²) in [4.78, 5) is 0. The largest absolute Gasteiger partial charge is 0.487 e. The second kappa shape index (κ2) is 5.24. The molecule has 3 heteroatoms. The molecule has 98 valence electrons. The Labute approximate surface area is 116 Å². The average Bonchev–Trinajstić information content (AvgIpc) is 2.55. The van der Waals surface area contributed by atoms with Gasteiger partial charge in [0.15, 0.2) is 0 Å². The molecule has 0 atom stereocenters. The highest BCUT2D eigenvalue weighted by Gasteiger charge is 2.49. The summed E-state index contributed by atoms with van der Waals surface area (Å²) in [5, 5.41) is 0. The molecule has 1 aromatic carbocycles. The Balaban J connectivity index is 1.97. The normalized spacial score (nSPS) is 20.3. The van der Waals surface area contributed by atoms with E-state index in [1.54, 1.807) is 6.08 Å². The van der Waals surface area contributed by atoms with Gasteiger partial charge in [-0.05, 0) is 51.9 Å². The van der Waals surface area contributed by atoms with Gasteiger partial charge in [0.2, 0.25) is 0 Å². The van der Waals surface area contributed by atoms with Crippen LogP contribution in [0.1, 0.15) is 33.3 Å². The third-order valence-corrected chi connectivity index (χ3v) is 3.60. The molecule has 0 aliphatic carbocycles. The lowest BCUT2D eigenvalue weighted by atomic mass is 9.90. The lowest BCUT2D eigenvalue weighted by Gasteiger charge is -2.32. The number of hydrogen-bond donors (Lipinski definition) is 0. The molecule has 0 N–H and O–H groups in total. The maximum atomic E-state index is 5.84. The van der Waals surface area contributed by atoms with Crippen LogP contribution in [0.2, 0.25) is 0 Å². The van der Waals surface area contributed by atoms with Gasteiger partial charge in [-0.2, -0.15) is 0 Å². The van der Waals surface area contributed by atoms with Gasteiger partial charge in [-0.15, -0.1) is 0 Å². The predicted molar refractivity (Wildman–Crippen MR) is 78.5 cm³/mol. The van der Waals surface area contributed by atoms with Crippen LogP contribution in [0.5, 0.6) is 0 Å². The molecular formula is C16H19BO2. The van der Waals surface area contributed by atoms with Crippen molar-refractivity contribution in [3.63, 3.8) is 0 Å². The summed E-state index contributed by atoms with van der Waals surface area (Å²) in [6.07, 6.45) is 1.79. The molecule has 2 rings (SSSR count). The van der Waals surface area contributed by atoms with Crippen LogP contribution in [0.15, 0.2) is 42.4 Å². The van der Waals surface area contributed by atoms with Crippen LogP contribution >= 0.6 is 0 Å². The molecule has 0 amide bonds. The molecular weight excluding hydrogens is 235 g/mol. The molecule has 0 aromatic heterocycles. The summed E-state index contributed by atoms with van der Waals surface area (Å²) in [5.41, 5.74) is 0.407. The standard InChI is InChI=1S/C16H19BO2/c1-15(2)16(3,4)19-17(18-15)13-9-8-12-14-10-6-5-7-11-14/h5-7,9-11,13H,1-4H3/b13-9+. The first kappa shape index (κ1) is 13.9. The third kappa shape index (κ3) is 3.29. The number of benzene rings is 1. The van der Waals surface area contributed by atoms with E-state index in [4.69, 9.17) is 9.31 Å². The maximum Gasteiger partial charge on any atom is 0.487 e. The van der Waals surface area contributed by atoms with E-state index < -0.39 is 0 Å². The highest BCUT2D eigenvalue weighted by atomic mass is 16.7. The van der Waals surface area contributed by atoms with Crippen molar-refractivity contribution >= 4 is 7.12 Å². The SMILES string of the molecule is CC1(C)OB(/C=C/C#Cc2ccccc2)OC1(C)C. The zero-order chi connectivity index (χ0) is 13.9. The van der Waals surface area contributed by atoms with Gasteiger partial charge in [-0.25, -0.2) is 0 Å². The average molecular weight is 254 g/mol. The van der Waals surface area contributed by atoms with E-state index in [1.807, 2.05) is 64.0 Å². The Morgan fingerprint density at radius 3 is 2.16 bits per heavy atom. The van der Waals surface area contributed by atoms with E-state index in [-0.39, 0.29) is 18.3 Å². The monoisotopic (exact) mass is 254 g/mol. The Bertz CT molecular complexity index is 505. The molecule has 1 saturated heterocycles. The predicted octanol–water partition coefficient (Wildman–Crippen LogP) is 3.23. The first-order valence-electron chi connectivity index (χ1n) is 6.50. The molecule has 1 fully saturated rings. The van der Waals surface area contributed by atoms with E-state index >= 15 is 0 Å². The van der Waals surface area contributed by atoms with Gasteiger partial charge in [-0.1, -0.05) is 30.0 Å². The molecule has 0 bridgehead atoms. The molecule has 1 aliphatic rings. The quantitative estimate of drug-likeness (QED) is 0.565. The Kier molecular flexibility index (Phi) is 3.84. The van der Waals surface area contributed by atoms with Crippen molar-refractivity contribution in [3.05, 3.63) is 47.9 Å². The minimum Gasteiger partial charge on any atom is -0.400 e. The highest BCUT2D eigenvalue weighted by molar-refractivity contribution is 6.51. The Hall–Kier alpha value is -1.50. The zero-order valence-electron chi connectivity index (χ0n) is 11.9. The van der Waals surface area contributed by atoms with Crippen molar-refractivity contribution in [2.75, 3.05) is 0 Å². The highest BCUT2D eigenvalue weighted by Crippen LogP contribution is 2.36. The number of rotatable bonds is 1. The summed E-state index contributed by atoms with van der Waals surface area (Å²) in [7, 11) is -0.324. The lowest BCUT2D eigenvalue weighted by Crippen LogP contribution is -2.41. The summed E-state index contributed by atoms with van der Waals surface area (Å²) in [5.74, 6) is 7.91. The van der Waals surface area contributed by atoms with Gasteiger partial charge in [0.25, 0.3) is 0 Å². The molecule has 2 nitrogen and oxygen atoms in total. The molecule has 0 saturated carbocycles. The van der Waals surface area contributed by atoms with Gasteiger partial charge in [-0.3, -0.25) is 0 Å². The van der Waals surface area contributed by atoms with Crippen molar-refractivity contribution in [1.29, 1.82) is 0 Å². The smallest absolute Gasteiger partial charge is 0.400 e.